The van der Waals surface area contributed by atoms with Crippen LogP contribution in [0.5, 0.6) is 0 Å². The van der Waals surface area contributed by atoms with Gasteiger partial charge in [-0.1, -0.05) is 0 Å². The van der Waals surface area contributed by atoms with Crippen LogP contribution in [0.1, 0.15) is 0 Å². The summed E-state index contributed by atoms with van der Waals surface area (Å²) in [6.07, 6.45) is 0. The molecule has 3 aromatic heterocycles. The van der Waals surface area contributed by atoms with Gasteiger partial charge in [-0.05, 0) is 63.7 Å². The monoisotopic (exact) mass is 491 g/mol. The van der Waals surface area contributed by atoms with Crippen LogP contribution in [0.2, 0.25) is 0 Å². The van der Waals surface area contributed by atoms with Crippen molar-refractivity contribution in [1.82, 2.24) is 4.98 Å². The van der Waals surface area contributed by atoms with Crippen LogP contribution >= 0.6 is 86.4 Å². The molecule has 0 saturated carbocycles. The number of hydrogen-bond donors (Lipinski definition) is 1. The summed E-state index contributed by atoms with van der Waals surface area (Å²) in [5.74, 6) is 0. The molecule has 15 heavy (non-hydrogen) atoms. The van der Waals surface area contributed by atoms with Crippen LogP contribution in [-0.2, 0) is 0 Å². The van der Waals surface area contributed by atoms with Gasteiger partial charge in [0.05, 0.1) is 26.7 Å². The van der Waals surface area contributed by atoms with Crippen molar-refractivity contribution >= 4 is 107 Å². The highest BCUT2D eigenvalue weighted by molar-refractivity contribution is 9.14. The Bertz CT molecular complexity index is 678. The Hall–Kier alpha value is 1.12. The van der Waals surface area contributed by atoms with Gasteiger partial charge in [-0.2, -0.15) is 0 Å². The largest absolute Gasteiger partial charge is 0.344 e. The molecule has 0 amide bonds. The first-order chi connectivity index (χ1) is 7.09. The van der Waals surface area contributed by atoms with E-state index in [0.717, 1.165) is 16.5 Å². The highest BCUT2D eigenvalue weighted by Gasteiger charge is 2.18. The lowest BCUT2D eigenvalue weighted by atomic mass is 10.4. The summed E-state index contributed by atoms with van der Waals surface area (Å²) in [4.78, 5) is 4.62. The minimum Gasteiger partial charge on any atom is -0.344 e. The van der Waals surface area contributed by atoms with Crippen molar-refractivity contribution in [3.63, 3.8) is 0 Å². The van der Waals surface area contributed by atoms with Gasteiger partial charge in [0.2, 0.25) is 0 Å². The van der Waals surface area contributed by atoms with E-state index in [2.05, 4.69) is 68.7 Å². The summed E-state index contributed by atoms with van der Waals surface area (Å²) in [7, 11) is 0. The molecule has 0 aliphatic heterocycles. The number of aromatic nitrogens is 1. The number of aromatic amines is 1. The van der Waals surface area contributed by atoms with Gasteiger partial charge in [0.25, 0.3) is 0 Å². The summed E-state index contributed by atoms with van der Waals surface area (Å²) < 4.78 is 5.77. The SMILES string of the molecule is Brc1sc2c([nH]c3sc(Br)c(Br)c32)c1Br. The topological polar surface area (TPSA) is 15.8 Å². The summed E-state index contributed by atoms with van der Waals surface area (Å²) >= 11 is 17.7. The third-order valence-electron chi connectivity index (χ3n) is 2.09. The van der Waals surface area contributed by atoms with Crippen LogP contribution in [0.15, 0.2) is 16.5 Å². The smallest absolute Gasteiger partial charge is 0.104 e. The Morgan fingerprint density at radius 3 is 2.27 bits per heavy atom. The van der Waals surface area contributed by atoms with Crippen molar-refractivity contribution in [2.24, 2.45) is 0 Å². The quantitative estimate of drug-likeness (QED) is 0.367. The van der Waals surface area contributed by atoms with Crippen molar-refractivity contribution in [2.45, 2.75) is 0 Å². The van der Waals surface area contributed by atoms with Crippen LogP contribution in [0, 0.1) is 0 Å². The Morgan fingerprint density at radius 2 is 1.53 bits per heavy atom. The van der Waals surface area contributed by atoms with Gasteiger partial charge in [-0.3, -0.25) is 0 Å². The van der Waals surface area contributed by atoms with E-state index in [4.69, 9.17) is 0 Å². The maximum Gasteiger partial charge on any atom is 0.104 e. The van der Waals surface area contributed by atoms with Crippen LogP contribution in [-0.4, -0.2) is 4.98 Å². The predicted molar refractivity (Wildman–Crippen MR) is 82.4 cm³/mol. The van der Waals surface area contributed by atoms with E-state index in [1.807, 2.05) is 0 Å². The van der Waals surface area contributed by atoms with Gasteiger partial charge in [-0.15, -0.1) is 22.7 Å². The number of hydrogen-bond acceptors (Lipinski definition) is 2. The third-order valence-corrected chi connectivity index (χ3v) is 8.92. The summed E-state index contributed by atoms with van der Waals surface area (Å²) in [5.41, 5.74) is 1.17. The molecule has 3 rings (SSSR count). The van der Waals surface area contributed by atoms with E-state index in [9.17, 15) is 0 Å². The van der Waals surface area contributed by atoms with E-state index in [1.165, 1.54) is 20.4 Å². The zero-order chi connectivity index (χ0) is 10.7. The zero-order valence-corrected chi connectivity index (χ0v) is 14.8. The number of fused-ring (bicyclic) bond motifs is 3. The molecule has 78 valence electrons. The first-order valence-corrected chi connectivity index (χ1v) is 8.63. The minimum atomic E-state index is 1.11. The second-order valence-electron chi connectivity index (χ2n) is 2.91. The molecule has 7 heteroatoms. The van der Waals surface area contributed by atoms with E-state index in [0.29, 0.717) is 0 Å². The van der Waals surface area contributed by atoms with E-state index < -0.39 is 0 Å². The molecule has 3 heterocycles. The standard InChI is InChI=1S/C8HBr4NS2/c9-2-1-5-4(3(10)7(12)14-5)13-8(1)15-6(2)11/h13H. The van der Waals surface area contributed by atoms with Crippen molar-refractivity contribution in [3.8, 4) is 0 Å². The number of nitrogens with one attached hydrogen (secondary N) is 1. The fourth-order valence-electron chi connectivity index (χ4n) is 1.46. The number of thiophene rings is 2. The van der Waals surface area contributed by atoms with Gasteiger partial charge < -0.3 is 4.98 Å². The molecule has 0 bridgehead atoms. The Labute approximate surface area is 127 Å². The van der Waals surface area contributed by atoms with Crippen LogP contribution < -0.4 is 0 Å². The molecule has 0 fully saturated rings. The normalized spacial score (nSPS) is 12.0. The molecule has 1 nitrogen and oxygen atoms in total. The number of halogens is 4. The minimum absolute atomic E-state index is 1.11. The van der Waals surface area contributed by atoms with Gasteiger partial charge in [0.15, 0.2) is 0 Å². The van der Waals surface area contributed by atoms with Gasteiger partial charge in [0.1, 0.15) is 4.83 Å². The van der Waals surface area contributed by atoms with Crippen molar-refractivity contribution in [2.75, 3.05) is 0 Å². The second-order valence-corrected chi connectivity index (χ2v) is 9.18. The van der Waals surface area contributed by atoms with Gasteiger partial charge in [-0.25, -0.2) is 0 Å². The average Bonchev–Trinajstić information content (AvgIpc) is 2.73. The van der Waals surface area contributed by atoms with E-state index >= 15 is 0 Å². The van der Waals surface area contributed by atoms with Crippen molar-refractivity contribution in [3.05, 3.63) is 16.5 Å². The molecule has 0 unspecified atom stereocenters. The Balaban J connectivity index is 2.60. The lowest BCUT2D eigenvalue weighted by Gasteiger charge is -1.83. The van der Waals surface area contributed by atoms with E-state index in [1.54, 1.807) is 22.7 Å². The lowest BCUT2D eigenvalue weighted by molar-refractivity contribution is 1.58. The lowest BCUT2D eigenvalue weighted by Crippen LogP contribution is -1.60. The highest BCUT2D eigenvalue weighted by Crippen LogP contribution is 2.49. The molecular weight excluding hydrogens is 494 g/mol. The summed E-state index contributed by atoms with van der Waals surface area (Å²) in [5, 5.41) is 1.26. The fraction of sp³-hybridized carbons (Fsp3) is 0. The number of rotatable bonds is 0. The maximum atomic E-state index is 3.60. The average molecular weight is 495 g/mol. The predicted octanol–water partition coefficient (Wildman–Crippen LogP) is 6.49. The van der Waals surface area contributed by atoms with Crippen LogP contribution in [0.3, 0.4) is 0 Å². The summed E-state index contributed by atoms with van der Waals surface area (Å²) in [6.45, 7) is 0. The van der Waals surface area contributed by atoms with Crippen LogP contribution in [0.4, 0.5) is 0 Å². The molecule has 0 atom stereocenters. The zero-order valence-electron chi connectivity index (χ0n) is 6.83. The third kappa shape index (κ3) is 1.54. The van der Waals surface area contributed by atoms with Gasteiger partial charge in [0, 0.05) is 5.39 Å². The maximum absolute atomic E-state index is 3.60. The van der Waals surface area contributed by atoms with Crippen molar-refractivity contribution < 1.29 is 0 Å². The first kappa shape index (κ1) is 11.2. The molecule has 1 N–H and O–H groups in total. The highest BCUT2D eigenvalue weighted by atomic mass is 79.9. The number of H-pyrrole nitrogens is 1. The Morgan fingerprint density at radius 1 is 0.867 bits per heavy atom. The molecule has 0 aromatic carbocycles. The van der Waals surface area contributed by atoms with Crippen molar-refractivity contribution in [1.29, 1.82) is 0 Å². The Kier molecular flexibility index (Phi) is 2.85. The molecule has 0 saturated heterocycles. The van der Waals surface area contributed by atoms with Crippen LogP contribution in [0.25, 0.3) is 20.4 Å². The second kappa shape index (κ2) is 3.81. The molecule has 0 aliphatic rings. The first-order valence-electron chi connectivity index (χ1n) is 3.82. The molecular formula is C8HBr4NS2. The summed E-state index contributed by atoms with van der Waals surface area (Å²) in [6, 6.07) is 0. The van der Waals surface area contributed by atoms with E-state index in [-0.39, 0.29) is 0 Å². The van der Waals surface area contributed by atoms with Gasteiger partial charge >= 0.3 is 0 Å². The molecule has 0 aliphatic carbocycles. The molecule has 0 radical (unpaired) electrons. The molecule has 0 spiro atoms. The fourth-order valence-corrected chi connectivity index (χ4v) is 6.23. The molecule has 3 aromatic rings.